The van der Waals surface area contributed by atoms with E-state index in [4.69, 9.17) is 9.84 Å². The van der Waals surface area contributed by atoms with E-state index in [-0.39, 0.29) is 35.2 Å². The topological polar surface area (TPSA) is 108 Å². The van der Waals surface area contributed by atoms with Crippen LogP contribution in [0.3, 0.4) is 0 Å². The van der Waals surface area contributed by atoms with Gasteiger partial charge in [0.1, 0.15) is 11.6 Å². The van der Waals surface area contributed by atoms with Gasteiger partial charge in [-0.15, -0.1) is 0 Å². The van der Waals surface area contributed by atoms with Crippen LogP contribution in [-0.2, 0) is 19.1 Å². The van der Waals surface area contributed by atoms with Gasteiger partial charge in [0.25, 0.3) is 0 Å². The quantitative estimate of drug-likeness (QED) is 0.314. The number of ether oxygens (including phenoxy) is 1. The normalized spacial score (nSPS) is 34.5. The first-order valence-corrected chi connectivity index (χ1v) is 12.0. The highest BCUT2D eigenvalue weighted by Gasteiger charge is 2.76. The molecule has 0 aromatic rings. The van der Waals surface area contributed by atoms with Crippen molar-refractivity contribution in [3.8, 4) is 0 Å². The number of hydrogen-bond donors (Lipinski definition) is 3. The highest BCUT2D eigenvalue weighted by atomic mass is 79.9. The molecule has 3 N–H and O–H groups in total. The molecule has 3 fully saturated rings. The molecule has 170 valence electrons. The highest BCUT2D eigenvalue weighted by molar-refractivity contribution is 9.09. The van der Waals surface area contributed by atoms with Gasteiger partial charge in [0.15, 0.2) is 0 Å². The summed E-state index contributed by atoms with van der Waals surface area (Å²) in [5.41, 5.74) is -0.986. The Hall–Kier alpha value is -1.19. The van der Waals surface area contributed by atoms with E-state index < -0.39 is 29.6 Å². The lowest BCUT2D eigenvalue weighted by Gasteiger charge is -2.34. The van der Waals surface area contributed by atoms with Gasteiger partial charge in [0.05, 0.1) is 17.9 Å². The SMILES string of the molecule is CCCNC(=O)[C@H]1[C@@H]2OC3(CC2Br)C(C(=O)NC(C)C)N(CCCCCO)C(=O)[C@H]13. The summed E-state index contributed by atoms with van der Waals surface area (Å²) in [7, 11) is 0. The lowest BCUT2D eigenvalue weighted by atomic mass is 9.70. The molecule has 3 saturated heterocycles. The summed E-state index contributed by atoms with van der Waals surface area (Å²) in [5, 5.41) is 14.9. The molecule has 1 spiro atoms. The lowest BCUT2D eigenvalue weighted by Crippen LogP contribution is -2.57. The molecule has 0 saturated carbocycles. The number of carbonyl (C=O) groups is 3. The molecule has 0 radical (unpaired) electrons. The molecular weight excluding hydrogens is 454 g/mol. The van der Waals surface area contributed by atoms with Crippen molar-refractivity contribution in [2.45, 2.75) is 81.5 Å². The van der Waals surface area contributed by atoms with Crippen LogP contribution in [0.4, 0.5) is 0 Å². The minimum absolute atomic E-state index is 0.0682. The molecule has 3 heterocycles. The average Bonchev–Trinajstić information content (AvgIpc) is 3.26. The van der Waals surface area contributed by atoms with Crippen LogP contribution in [0, 0.1) is 11.8 Å². The molecule has 0 aromatic carbocycles. The van der Waals surface area contributed by atoms with Gasteiger partial charge in [-0.3, -0.25) is 14.4 Å². The Morgan fingerprint density at radius 1 is 1.30 bits per heavy atom. The van der Waals surface area contributed by atoms with Crippen LogP contribution >= 0.6 is 15.9 Å². The molecule has 3 unspecified atom stereocenters. The summed E-state index contributed by atoms with van der Waals surface area (Å²) >= 11 is 3.65. The fraction of sp³-hybridized carbons (Fsp3) is 0.857. The molecule has 3 aliphatic heterocycles. The lowest BCUT2D eigenvalue weighted by molar-refractivity contribution is -0.142. The first-order valence-electron chi connectivity index (χ1n) is 11.1. The van der Waals surface area contributed by atoms with Gasteiger partial charge >= 0.3 is 0 Å². The molecule has 3 rings (SSSR count). The minimum atomic E-state index is -0.986. The predicted octanol–water partition coefficient (Wildman–Crippen LogP) is 0.948. The van der Waals surface area contributed by atoms with Crippen LogP contribution in [0.25, 0.3) is 0 Å². The Balaban J connectivity index is 1.92. The first-order chi connectivity index (χ1) is 14.3. The van der Waals surface area contributed by atoms with Crippen molar-refractivity contribution in [1.82, 2.24) is 15.5 Å². The number of halogens is 1. The van der Waals surface area contributed by atoms with E-state index in [0.717, 1.165) is 12.8 Å². The van der Waals surface area contributed by atoms with Crippen LogP contribution < -0.4 is 10.6 Å². The van der Waals surface area contributed by atoms with Gasteiger partial charge in [-0.25, -0.2) is 0 Å². The summed E-state index contributed by atoms with van der Waals surface area (Å²) < 4.78 is 6.38. The molecule has 30 heavy (non-hydrogen) atoms. The van der Waals surface area contributed by atoms with E-state index in [2.05, 4.69) is 26.6 Å². The van der Waals surface area contributed by atoms with E-state index in [1.807, 2.05) is 20.8 Å². The van der Waals surface area contributed by atoms with Gasteiger partial charge < -0.3 is 25.4 Å². The summed E-state index contributed by atoms with van der Waals surface area (Å²) in [6.45, 7) is 6.82. The Labute approximate surface area is 186 Å². The Morgan fingerprint density at radius 3 is 2.67 bits per heavy atom. The minimum Gasteiger partial charge on any atom is -0.396 e. The molecule has 2 bridgehead atoms. The average molecular weight is 488 g/mol. The molecule has 3 aliphatic rings. The summed E-state index contributed by atoms with van der Waals surface area (Å²) in [6.07, 6.45) is 3.03. The van der Waals surface area contributed by atoms with Crippen molar-refractivity contribution in [2.75, 3.05) is 19.7 Å². The molecule has 8 nitrogen and oxygen atoms in total. The Morgan fingerprint density at radius 2 is 2.03 bits per heavy atom. The smallest absolute Gasteiger partial charge is 0.246 e. The number of likely N-dealkylation sites (tertiary alicyclic amines) is 1. The number of fused-ring (bicyclic) bond motifs is 1. The first kappa shape index (κ1) is 23.5. The number of alkyl halides is 1. The van der Waals surface area contributed by atoms with Crippen molar-refractivity contribution in [3.05, 3.63) is 0 Å². The molecule has 3 amide bonds. The monoisotopic (exact) mass is 487 g/mol. The number of unbranched alkanes of at least 4 members (excludes halogenated alkanes) is 2. The third-order valence-electron chi connectivity index (χ3n) is 6.38. The van der Waals surface area contributed by atoms with Crippen molar-refractivity contribution in [1.29, 1.82) is 0 Å². The third kappa shape index (κ3) is 4.00. The molecule has 9 heteroatoms. The van der Waals surface area contributed by atoms with Gasteiger partial charge in [-0.1, -0.05) is 22.9 Å². The van der Waals surface area contributed by atoms with Crippen molar-refractivity contribution in [2.24, 2.45) is 11.8 Å². The zero-order chi connectivity index (χ0) is 22.1. The Bertz CT molecular complexity index is 675. The summed E-state index contributed by atoms with van der Waals surface area (Å²) in [5.74, 6) is -1.80. The second-order valence-electron chi connectivity index (χ2n) is 8.93. The number of nitrogens with zero attached hydrogens (tertiary/aromatic N) is 1. The van der Waals surface area contributed by atoms with Crippen LogP contribution in [0.15, 0.2) is 0 Å². The maximum atomic E-state index is 13.6. The second-order valence-corrected chi connectivity index (χ2v) is 10.1. The zero-order valence-electron chi connectivity index (χ0n) is 18.0. The fourth-order valence-corrected chi connectivity index (χ4v) is 6.21. The van der Waals surface area contributed by atoms with Crippen LogP contribution in [0.2, 0.25) is 0 Å². The number of rotatable bonds is 10. The van der Waals surface area contributed by atoms with Gasteiger partial charge in [0.2, 0.25) is 17.7 Å². The maximum absolute atomic E-state index is 13.6. The predicted molar refractivity (Wildman–Crippen MR) is 115 cm³/mol. The van der Waals surface area contributed by atoms with Crippen LogP contribution in [-0.4, -0.2) is 76.0 Å². The van der Waals surface area contributed by atoms with Crippen LogP contribution in [0.5, 0.6) is 0 Å². The van der Waals surface area contributed by atoms with E-state index in [9.17, 15) is 14.4 Å². The number of amides is 3. The number of nitrogens with one attached hydrogen (secondary N) is 2. The molecular formula is C21H34BrN3O5. The van der Waals surface area contributed by atoms with Crippen molar-refractivity contribution < 1.29 is 24.2 Å². The Kier molecular flexibility index (Phi) is 7.45. The largest absolute Gasteiger partial charge is 0.396 e. The van der Waals surface area contributed by atoms with E-state index in [0.29, 0.717) is 32.4 Å². The van der Waals surface area contributed by atoms with E-state index >= 15 is 0 Å². The molecule has 6 atom stereocenters. The standard InChI is InChI=1S/C21H34BrN3O5/c1-4-8-23-18(27)14-15-20(29)25(9-6-5-7-10-26)17(19(28)24-12(2)3)21(15)11-13(22)16(14)30-21/h12-17,26H,4-11H2,1-3H3,(H,23,27)(H,24,28)/t13?,14-,15+,16-,17?,21?/m1/s1. The number of hydrogen-bond acceptors (Lipinski definition) is 5. The van der Waals surface area contributed by atoms with Crippen molar-refractivity contribution in [3.63, 3.8) is 0 Å². The van der Waals surface area contributed by atoms with Gasteiger partial charge in [-0.05, 0) is 46.0 Å². The zero-order valence-corrected chi connectivity index (χ0v) is 19.6. The van der Waals surface area contributed by atoms with Gasteiger partial charge in [-0.2, -0.15) is 0 Å². The maximum Gasteiger partial charge on any atom is 0.246 e. The van der Waals surface area contributed by atoms with E-state index in [1.165, 1.54) is 0 Å². The second kappa shape index (κ2) is 9.53. The fourth-order valence-electron chi connectivity index (χ4n) is 5.27. The van der Waals surface area contributed by atoms with E-state index in [1.54, 1.807) is 4.90 Å². The molecule has 0 aliphatic carbocycles. The summed E-state index contributed by atoms with van der Waals surface area (Å²) in [6, 6.07) is -0.818. The highest BCUT2D eigenvalue weighted by Crippen LogP contribution is 2.59. The van der Waals surface area contributed by atoms with Gasteiger partial charge in [0, 0.05) is 30.6 Å². The third-order valence-corrected chi connectivity index (χ3v) is 7.22. The number of aliphatic hydroxyl groups is 1. The number of carbonyl (C=O) groups excluding carboxylic acids is 3. The van der Waals surface area contributed by atoms with Crippen LogP contribution in [0.1, 0.15) is 52.9 Å². The molecule has 0 aromatic heterocycles. The summed E-state index contributed by atoms with van der Waals surface area (Å²) in [4.78, 5) is 41.3. The number of aliphatic hydroxyl groups excluding tert-OH is 1. The van der Waals surface area contributed by atoms with Crippen molar-refractivity contribution >= 4 is 33.7 Å².